The Hall–Kier alpha value is -2.14. The molecule has 2 aromatic rings. The summed E-state index contributed by atoms with van der Waals surface area (Å²) in [4.78, 5) is 25.8. The summed E-state index contributed by atoms with van der Waals surface area (Å²) in [5, 5.41) is 9.10. The number of fused-ring (bicyclic) bond motifs is 1. The van der Waals surface area contributed by atoms with E-state index in [0.717, 1.165) is 12.2 Å². The fourth-order valence-corrected chi connectivity index (χ4v) is 1.45. The summed E-state index contributed by atoms with van der Waals surface area (Å²) in [6, 6.07) is 4.59. The summed E-state index contributed by atoms with van der Waals surface area (Å²) < 4.78 is 4.82. The van der Waals surface area contributed by atoms with Gasteiger partial charge < -0.3 is 9.52 Å². The summed E-state index contributed by atoms with van der Waals surface area (Å²) in [5.41, 5.74) is -0.210. The normalized spacial score (nSPS) is 11.1. The lowest BCUT2D eigenvalue weighted by Crippen LogP contribution is -2.03. The van der Waals surface area contributed by atoms with Crippen molar-refractivity contribution >= 4 is 34.5 Å². The predicted molar refractivity (Wildman–Crippen MR) is 62.0 cm³/mol. The van der Waals surface area contributed by atoms with E-state index in [1.54, 1.807) is 12.1 Å². The van der Waals surface area contributed by atoms with E-state index >= 15 is 0 Å². The molecular weight excluding hydrogens is 246 g/mol. The maximum atomic E-state index is 11.5. The lowest BCUT2D eigenvalue weighted by Gasteiger charge is -1.97. The fraction of sp³-hybridized carbons (Fsp3) is 0. The second-order valence-corrected chi connectivity index (χ2v) is 3.61. The predicted octanol–water partition coefficient (Wildman–Crippen LogP) is 1.94. The van der Waals surface area contributed by atoms with Crippen LogP contribution in [-0.2, 0) is 4.79 Å². The Bertz CT molecular complexity index is 675. The highest BCUT2D eigenvalue weighted by Crippen LogP contribution is 2.15. The van der Waals surface area contributed by atoms with Crippen molar-refractivity contribution in [3.8, 4) is 0 Å². The highest BCUT2D eigenvalue weighted by molar-refractivity contribution is 6.31. The molecule has 0 radical (unpaired) electrons. The van der Waals surface area contributed by atoms with Crippen molar-refractivity contribution in [3.63, 3.8) is 0 Å². The van der Waals surface area contributed by atoms with E-state index in [4.69, 9.17) is 21.1 Å². The Balaban J connectivity index is 2.60. The minimum absolute atomic E-state index is 0.0628. The van der Waals surface area contributed by atoms with Gasteiger partial charge in [0.2, 0.25) is 5.89 Å². The van der Waals surface area contributed by atoms with Crippen molar-refractivity contribution in [1.29, 1.82) is 0 Å². The first-order valence-electron chi connectivity index (χ1n) is 4.58. The summed E-state index contributed by atoms with van der Waals surface area (Å²) in [6.45, 7) is 0. The third kappa shape index (κ3) is 2.51. The zero-order valence-electron chi connectivity index (χ0n) is 8.38. The first kappa shape index (κ1) is 11.3. The number of hydrogen-bond acceptors (Lipinski definition) is 4. The molecule has 17 heavy (non-hydrogen) atoms. The molecule has 1 heterocycles. The average molecular weight is 252 g/mol. The Morgan fingerprint density at radius 2 is 2.24 bits per heavy atom. The van der Waals surface area contributed by atoms with Gasteiger partial charge in [-0.05, 0) is 18.2 Å². The molecule has 0 saturated carbocycles. The van der Waals surface area contributed by atoms with E-state index in [1.165, 1.54) is 6.07 Å². The summed E-state index contributed by atoms with van der Waals surface area (Å²) in [5.74, 6) is -1.21. The van der Waals surface area contributed by atoms with Gasteiger partial charge in [-0.3, -0.25) is 0 Å². The van der Waals surface area contributed by atoms with Crippen LogP contribution in [0.4, 0.5) is 0 Å². The van der Waals surface area contributed by atoms with Crippen molar-refractivity contribution in [2.24, 2.45) is 0 Å². The number of nitrogens with zero attached hydrogens (tertiary/aromatic N) is 1. The van der Waals surface area contributed by atoms with Crippen LogP contribution >= 0.6 is 11.6 Å². The molecule has 5 nitrogen and oxygen atoms in total. The Kier molecular flexibility index (Phi) is 2.93. The van der Waals surface area contributed by atoms with E-state index in [0.29, 0.717) is 10.5 Å². The van der Waals surface area contributed by atoms with Crippen LogP contribution in [0, 0.1) is 0 Å². The zero-order chi connectivity index (χ0) is 12.4. The van der Waals surface area contributed by atoms with Gasteiger partial charge in [0.1, 0.15) is 0 Å². The van der Waals surface area contributed by atoms with Gasteiger partial charge in [0.05, 0.1) is 10.9 Å². The molecule has 6 heteroatoms. The molecule has 0 saturated heterocycles. The van der Waals surface area contributed by atoms with E-state index in [-0.39, 0.29) is 11.3 Å². The molecule has 0 atom stereocenters. The van der Waals surface area contributed by atoms with Crippen LogP contribution < -0.4 is 5.63 Å². The summed E-state index contributed by atoms with van der Waals surface area (Å²) >= 11 is 5.73. The monoisotopic (exact) mass is 251 g/mol. The van der Waals surface area contributed by atoms with E-state index in [1.807, 2.05) is 0 Å². The van der Waals surface area contributed by atoms with E-state index in [2.05, 4.69) is 4.98 Å². The number of carbonyl (C=O) groups is 1. The standard InChI is InChI=1S/C11H6ClNO4/c12-6-1-2-8-7(5-6)11(16)17-9(13-8)3-4-10(14)15/h1-5H,(H,14,15)/b4-3-. The molecule has 0 unspecified atom stereocenters. The molecule has 0 spiro atoms. The minimum Gasteiger partial charge on any atom is -0.478 e. The van der Waals surface area contributed by atoms with Crippen LogP contribution in [0.25, 0.3) is 17.0 Å². The third-order valence-electron chi connectivity index (χ3n) is 1.97. The van der Waals surface area contributed by atoms with Crippen molar-refractivity contribution in [1.82, 2.24) is 4.98 Å². The Morgan fingerprint density at radius 3 is 2.94 bits per heavy atom. The minimum atomic E-state index is -1.15. The number of rotatable bonds is 2. The molecule has 86 valence electrons. The van der Waals surface area contributed by atoms with E-state index < -0.39 is 11.6 Å². The van der Waals surface area contributed by atoms with Gasteiger partial charge in [-0.25, -0.2) is 14.6 Å². The third-order valence-corrected chi connectivity index (χ3v) is 2.21. The molecule has 0 aliphatic heterocycles. The van der Waals surface area contributed by atoms with E-state index in [9.17, 15) is 9.59 Å². The van der Waals surface area contributed by atoms with Crippen molar-refractivity contribution in [3.05, 3.63) is 45.6 Å². The molecule has 1 aromatic heterocycles. The number of halogens is 1. The van der Waals surface area contributed by atoms with Crippen molar-refractivity contribution in [2.45, 2.75) is 0 Å². The molecule has 0 aliphatic carbocycles. The van der Waals surface area contributed by atoms with Crippen LogP contribution in [0.2, 0.25) is 5.02 Å². The molecule has 1 N–H and O–H groups in total. The number of carboxylic acid groups (broad SMARTS) is 1. The number of carboxylic acids is 1. The van der Waals surface area contributed by atoms with Gasteiger partial charge >= 0.3 is 11.6 Å². The Morgan fingerprint density at radius 1 is 1.47 bits per heavy atom. The smallest absolute Gasteiger partial charge is 0.347 e. The first-order valence-corrected chi connectivity index (χ1v) is 4.95. The largest absolute Gasteiger partial charge is 0.478 e. The molecule has 0 amide bonds. The lowest BCUT2D eigenvalue weighted by atomic mass is 10.2. The van der Waals surface area contributed by atoms with Gasteiger partial charge in [0.15, 0.2) is 0 Å². The number of aromatic nitrogens is 1. The van der Waals surface area contributed by atoms with Crippen LogP contribution in [0.15, 0.2) is 33.5 Å². The van der Waals surface area contributed by atoms with Crippen molar-refractivity contribution < 1.29 is 14.3 Å². The van der Waals surface area contributed by atoms with Gasteiger partial charge in [-0.1, -0.05) is 11.6 Å². The molecule has 0 bridgehead atoms. The molecule has 2 rings (SSSR count). The second-order valence-electron chi connectivity index (χ2n) is 3.17. The number of hydrogen-bond donors (Lipinski definition) is 1. The quantitative estimate of drug-likeness (QED) is 0.825. The highest BCUT2D eigenvalue weighted by atomic mass is 35.5. The van der Waals surface area contributed by atoms with Gasteiger partial charge in [0.25, 0.3) is 0 Å². The van der Waals surface area contributed by atoms with Crippen LogP contribution in [0.5, 0.6) is 0 Å². The average Bonchev–Trinajstić information content (AvgIpc) is 2.27. The SMILES string of the molecule is O=C(O)/C=C\c1nc2ccc(Cl)cc2c(=O)o1. The van der Waals surface area contributed by atoms with Gasteiger partial charge in [-0.15, -0.1) is 0 Å². The van der Waals surface area contributed by atoms with Crippen LogP contribution in [0.1, 0.15) is 5.89 Å². The summed E-state index contributed by atoms with van der Waals surface area (Å²) in [7, 11) is 0. The molecular formula is C11H6ClNO4. The van der Waals surface area contributed by atoms with Crippen LogP contribution in [0.3, 0.4) is 0 Å². The topological polar surface area (TPSA) is 80.4 Å². The zero-order valence-corrected chi connectivity index (χ0v) is 9.14. The van der Waals surface area contributed by atoms with Gasteiger partial charge in [0, 0.05) is 17.2 Å². The first-order chi connectivity index (χ1) is 8.06. The molecule has 0 fully saturated rings. The lowest BCUT2D eigenvalue weighted by molar-refractivity contribution is -0.131. The fourth-order valence-electron chi connectivity index (χ4n) is 1.27. The van der Waals surface area contributed by atoms with Gasteiger partial charge in [-0.2, -0.15) is 0 Å². The van der Waals surface area contributed by atoms with Crippen molar-refractivity contribution in [2.75, 3.05) is 0 Å². The highest BCUT2D eigenvalue weighted by Gasteiger charge is 2.05. The van der Waals surface area contributed by atoms with Crippen LogP contribution in [-0.4, -0.2) is 16.1 Å². The molecule has 0 aliphatic rings. The molecule has 1 aromatic carbocycles. The Labute approximate surface area is 100.0 Å². The summed E-state index contributed by atoms with van der Waals surface area (Å²) in [6.07, 6.45) is 1.95. The maximum absolute atomic E-state index is 11.5. The number of aliphatic carboxylic acids is 1. The number of benzene rings is 1. The maximum Gasteiger partial charge on any atom is 0.347 e. The second kappa shape index (κ2) is 4.39.